The lowest BCUT2D eigenvalue weighted by molar-refractivity contribution is 0.116. The minimum Gasteiger partial charge on any atom is -0.391 e. The van der Waals surface area contributed by atoms with Crippen LogP contribution in [0.4, 0.5) is 11.8 Å². The number of aromatic nitrogens is 2. The van der Waals surface area contributed by atoms with Gasteiger partial charge in [-0.3, -0.25) is 0 Å². The van der Waals surface area contributed by atoms with Crippen molar-refractivity contribution in [3.63, 3.8) is 0 Å². The van der Waals surface area contributed by atoms with Crippen LogP contribution in [0.25, 0.3) is 0 Å². The third kappa shape index (κ3) is 4.25. The Kier molecular flexibility index (Phi) is 5.56. The Bertz CT molecular complexity index is 531. The molecule has 3 rings (SSSR count). The molecule has 23 heavy (non-hydrogen) atoms. The van der Waals surface area contributed by atoms with Crippen molar-refractivity contribution in [2.45, 2.75) is 75.7 Å². The molecule has 0 saturated heterocycles. The fourth-order valence-corrected chi connectivity index (χ4v) is 3.58. The molecule has 2 saturated carbocycles. The summed E-state index contributed by atoms with van der Waals surface area (Å²) < 4.78 is 0. The van der Waals surface area contributed by atoms with Gasteiger partial charge in [-0.15, -0.1) is 0 Å². The van der Waals surface area contributed by atoms with Crippen LogP contribution in [0.3, 0.4) is 0 Å². The molecule has 128 valence electrons. The normalized spacial score (nSPS) is 31.6. The molecule has 0 bridgehead atoms. The van der Waals surface area contributed by atoms with Crippen molar-refractivity contribution in [1.29, 1.82) is 0 Å². The highest BCUT2D eigenvalue weighted by Crippen LogP contribution is 2.27. The standard InChI is InChI=1S/C16H25ClN4O2/c17-10-9-18-16(20-12-6-2-4-8-14(12)23)21-15(10)19-11-5-1-3-7-13(11)22/h9,11-14,22-23H,1-8H2,(H2,18,19,20,21)/t11-,12-,13-,14-/m0/s1. The largest absolute Gasteiger partial charge is 0.391 e. The molecular formula is C16H25ClN4O2. The average Bonchev–Trinajstić information content (AvgIpc) is 2.55. The molecule has 0 radical (unpaired) electrons. The fourth-order valence-electron chi connectivity index (χ4n) is 3.44. The highest BCUT2D eigenvalue weighted by molar-refractivity contribution is 6.32. The zero-order valence-corrected chi connectivity index (χ0v) is 14.0. The summed E-state index contributed by atoms with van der Waals surface area (Å²) in [5.74, 6) is 1.01. The van der Waals surface area contributed by atoms with E-state index in [2.05, 4.69) is 20.6 Å². The lowest BCUT2D eigenvalue weighted by Crippen LogP contribution is -2.38. The number of anilines is 2. The second-order valence-electron chi connectivity index (χ2n) is 6.60. The second-order valence-corrected chi connectivity index (χ2v) is 7.00. The van der Waals surface area contributed by atoms with Gasteiger partial charge in [0.25, 0.3) is 0 Å². The topological polar surface area (TPSA) is 90.3 Å². The zero-order chi connectivity index (χ0) is 16.2. The quantitative estimate of drug-likeness (QED) is 0.673. The van der Waals surface area contributed by atoms with Gasteiger partial charge in [0.1, 0.15) is 5.02 Å². The average molecular weight is 341 g/mol. The number of halogens is 1. The summed E-state index contributed by atoms with van der Waals surface area (Å²) >= 11 is 6.19. The van der Waals surface area contributed by atoms with Crippen LogP contribution in [0, 0.1) is 0 Å². The van der Waals surface area contributed by atoms with E-state index in [1.807, 2.05) is 0 Å². The molecule has 6 nitrogen and oxygen atoms in total. The van der Waals surface area contributed by atoms with Crippen molar-refractivity contribution in [2.75, 3.05) is 10.6 Å². The van der Waals surface area contributed by atoms with Crippen LogP contribution >= 0.6 is 11.6 Å². The first kappa shape index (κ1) is 16.7. The third-order valence-corrected chi connectivity index (χ3v) is 5.12. The van der Waals surface area contributed by atoms with Gasteiger partial charge in [-0.2, -0.15) is 4.98 Å². The molecule has 2 fully saturated rings. The van der Waals surface area contributed by atoms with Crippen LogP contribution in [-0.4, -0.2) is 44.5 Å². The Morgan fingerprint density at radius 2 is 1.48 bits per heavy atom. The number of hydrogen-bond donors (Lipinski definition) is 4. The summed E-state index contributed by atoms with van der Waals surface area (Å²) in [5.41, 5.74) is 0. The Morgan fingerprint density at radius 3 is 2.09 bits per heavy atom. The molecule has 0 amide bonds. The SMILES string of the molecule is O[C@H]1CCCC[C@@H]1Nc1ncc(Cl)c(N[C@H]2CCCC[C@@H]2O)n1. The monoisotopic (exact) mass is 340 g/mol. The molecule has 1 aromatic heterocycles. The van der Waals surface area contributed by atoms with E-state index >= 15 is 0 Å². The fraction of sp³-hybridized carbons (Fsp3) is 0.750. The zero-order valence-electron chi connectivity index (χ0n) is 13.2. The Morgan fingerprint density at radius 1 is 0.913 bits per heavy atom. The summed E-state index contributed by atoms with van der Waals surface area (Å²) in [6.07, 6.45) is 8.58. The first-order valence-electron chi connectivity index (χ1n) is 8.55. The van der Waals surface area contributed by atoms with Crippen molar-refractivity contribution in [3.8, 4) is 0 Å². The van der Waals surface area contributed by atoms with Crippen molar-refractivity contribution >= 4 is 23.4 Å². The van der Waals surface area contributed by atoms with Gasteiger partial charge < -0.3 is 20.8 Å². The summed E-state index contributed by atoms with van der Waals surface area (Å²) in [5, 5.41) is 27.1. The number of hydrogen-bond acceptors (Lipinski definition) is 6. The first-order chi connectivity index (χ1) is 11.1. The molecule has 7 heteroatoms. The van der Waals surface area contributed by atoms with E-state index in [-0.39, 0.29) is 24.3 Å². The molecule has 2 aliphatic rings. The van der Waals surface area contributed by atoms with Crippen LogP contribution in [-0.2, 0) is 0 Å². The molecule has 4 N–H and O–H groups in total. The second kappa shape index (κ2) is 7.64. The number of aliphatic hydroxyl groups is 2. The van der Waals surface area contributed by atoms with Gasteiger partial charge in [0.15, 0.2) is 5.82 Å². The van der Waals surface area contributed by atoms with Gasteiger partial charge in [0.2, 0.25) is 5.95 Å². The van der Waals surface area contributed by atoms with Crippen LogP contribution in [0.1, 0.15) is 51.4 Å². The molecule has 0 aromatic carbocycles. The Labute approximate surface area is 141 Å². The van der Waals surface area contributed by atoms with Gasteiger partial charge in [0, 0.05) is 0 Å². The van der Waals surface area contributed by atoms with Crippen molar-refractivity contribution < 1.29 is 10.2 Å². The number of aliphatic hydroxyl groups excluding tert-OH is 2. The Balaban J connectivity index is 1.68. The Hall–Kier alpha value is -1.11. The maximum absolute atomic E-state index is 10.1. The van der Waals surface area contributed by atoms with Crippen molar-refractivity contribution in [3.05, 3.63) is 11.2 Å². The lowest BCUT2D eigenvalue weighted by Gasteiger charge is -2.30. The molecular weight excluding hydrogens is 316 g/mol. The summed E-state index contributed by atoms with van der Waals surface area (Å²) in [6, 6.07) is -0.0395. The highest BCUT2D eigenvalue weighted by Gasteiger charge is 2.26. The molecule has 0 aliphatic heterocycles. The number of nitrogens with zero attached hydrogens (tertiary/aromatic N) is 2. The lowest BCUT2D eigenvalue weighted by atomic mass is 9.92. The van der Waals surface area contributed by atoms with E-state index in [1.165, 1.54) is 0 Å². The predicted octanol–water partition coefficient (Wildman–Crippen LogP) is 2.56. The van der Waals surface area contributed by atoms with Crippen molar-refractivity contribution in [1.82, 2.24) is 9.97 Å². The maximum Gasteiger partial charge on any atom is 0.225 e. The maximum atomic E-state index is 10.1. The van der Waals surface area contributed by atoms with Crippen molar-refractivity contribution in [2.24, 2.45) is 0 Å². The van der Waals surface area contributed by atoms with Crippen LogP contribution in [0.15, 0.2) is 6.20 Å². The van der Waals surface area contributed by atoms with Gasteiger partial charge >= 0.3 is 0 Å². The van der Waals surface area contributed by atoms with E-state index in [9.17, 15) is 10.2 Å². The molecule has 1 heterocycles. The van der Waals surface area contributed by atoms with E-state index in [1.54, 1.807) is 6.20 Å². The van der Waals surface area contributed by atoms with Crippen LogP contribution in [0.5, 0.6) is 0 Å². The number of rotatable bonds is 4. The predicted molar refractivity (Wildman–Crippen MR) is 90.8 cm³/mol. The van der Waals surface area contributed by atoms with Gasteiger partial charge in [0.05, 0.1) is 30.5 Å². The van der Waals surface area contributed by atoms with E-state index < -0.39 is 0 Å². The van der Waals surface area contributed by atoms with Crippen LogP contribution < -0.4 is 10.6 Å². The van der Waals surface area contributed by atoms with Gasteiger partial charge in [-0.05, 0) is 25.7 Å². The third-order valence-electron chi connectivity index (χ3n) is 4.84. The van der Waals surface area contributed by atoms with Gasteiger partial charge in [-0.1, -0.05) is 37.3 Å². The van der Waals surface area contributed by atoms with E-state index in [0.29, 0.717) is 16.8 Å². The van der Waals surface area contributed by atoms with E-state index in [0.717, 1.165) is 51.4 Å². The van der Waals surface area contributed by atoms with Crippen LogP contribution in [0.2, 0.25) is 5.02 Å². The summed E-state index contributed by atoms with van der Waals surface area (Å²) in [7, 11) is 0. The number of nitrogens with one attached hydrogen (secondary N) is 2. The molecule has 0 spiro atoms. The highest BCUT2D eigenvalue weighted by atomic mass is 35.5. The first-order valence-corrected chi connectivity index (χ1v) is 8.93. The summed E-state index contributed by atoms with van der Waals surface area (Å²) in [6.45, 7) is 0. The smallest absolute Gasteiger partial charge is 0.225 e. The molecule has 2 aliphatic carbocycles. The summed E-state index contributed by atoms with van der Waals surface area (Å²) in [4.78, 5) is 8.65. The van der Waals surface area contributed by atoms with Gasteiger partial charge in [-0.25, -0.2) is 4.98 Å². The minimum atomic E-state index is -0.369. The van der Waals surface area contributed by atoms with E-state index in [4.69, 9.17) is 11.6 Å². The molecule has 0 unspecified atom stereocenters. The molecule has 4 atom stereocenters. The minimum absolute atomic E-state index is 0.0157. The molecule has 1 aromatic rings.